The lowest BCUT2D eigenvalue weighted by atomic mass is 10.2. The Hall–Kier alpha value is 0.530. The third kappa shape index (κ3) is 3.15. The summed E-state index contributed by atoms with van der Waals surface area (Å²) in [5.41, 5.74) is 0. The van der Waals surface area contributed by atoms with Crippen LogP contribution in [-0.4, -0.2) is 53.3 Å². The fraction of sp³-hybridized carbons (Fsp3) is 1.00. The second kappa shape index (κ2) is 7.19. The van der Waals surface area contributed by atoms with Gasteiger partial charge in [-0.05, 0) is 50.3 Å². The normalized spacial score (nSPS) is 28.6. The average Bonchev–Trinajstić information content (AvgIpc) is 2.56. The van der Waals surface area contributed by atoms with E-state index in [1.165, 1.54) is 97.1 Å². The Balaban J connectivity index is 1.81. The summed E-state index contributed by atoms with van der Waals surface area (Å²) in [6.45, 7) is 5.91. The molecule has 3 aliphatic rings. The molecule has 5 heteroatoms. The standard InChI is InChI=1S/C15H30N3PS/c20-19(16-10-4-1-5-11-16,17-12-6-2-7-13-17)18-14-8-3-9-15-18/h1-15H2. The molecule has 0 atom stereocenters. The topological polar surface area (TPSA) is 9.72 Å². The van der Waals surface area contributed by atoms with Gasteiger partial charge in [0.25, 0.3) is 0 Å². The maximum absolute atomic E-state index is 6.45. The molecular weight excluding hydrogens is 285 g/mol. The zero-order chi connectivity index (χ0) is 13.8. The third-order valence-corrected chi connectivity index (χ3v) is 10.6. The maximum atomic E-state index is 6.45. The van der Waals surface area contributed by atoms with E-state index in [0.717, 1.165) is 0 Å². The summed E-state index contributed by atoms with van der Waals surface area (Å²) in [5.74, 6) is 0. The van der Waals surface area contributed by atoms with Crippen molar-refractivity contribution < 1.29 is 0 Å². The van der Waals surface area contributed by atoms with E-state index in [1.54, 1.807) is 0 Å². The summed E-state index contributed by atoms with van der Waals surface area (Å²) >= 11 is 6.45. The third-order valence-electron chi connectivity index (χ3n) is 5.10. The molecule has 0 aromatic rings. The van der Waals surface area contributed by atoms with E-state index in [9.17, 15) is 0 Å². The lowest BCUT2D eigenvalue weighted by Crippen LogP contribution is -2.45. The van der Waals surface area contributed by atoms with Gasteiger partial charge in [-0.25, -0.2) is 0 Å². The fourth-order valence-corrected chi connectivity index (χ4v) is 8.90. The van der Waals surface area contributed by atoms with Crippen LogP contribution in [0.25, 0.3) is 0 Å². The van der Waals surface area contributed by atoms with E-state index in [4.69, 9.17) is 11.8 Å². The van der Waals surface area contributed by atoms with Crippen molar-refractivity contribution in [1.29, 1.82) is 0 Å². The van der Waals surface area contributed by atoms with E-state index in [0.29, 0.717) is 0 Å². The van der Waals surface area contributed by atoms with Crippen molar-refractivity contribution >= 4 is 18.3 Å². The minimum absolute atomic E-state index is 1.25. The molecule has 3 rings (SSSR count). The molecule has 3 nitrogen and oxygen atoms in total. The van der Waals surface area contributed by atoms with Crippen LogP contribution in [-0.2, 0) is 11.8 Å². The first-order valence-electron chi connectivity index (χ1n) is 8.68. The minimum Gasteiger partial charge on any atom is -0.252 e. The molecule has 3 aliphatic heterocycles. The highest BCUT2D eigenvalue weighted by atomic mass is 32.4. The molecule has 0 aromatic carbocycles. The molecule has 3 heterocycles. The molecule has 20 heavy (non-hydrogen) atoms. The number of piperidine rings is 3. The molecule has 3 fully saturated rings. The van der Waals surface area contributed by atoms with Crippen LogP contribution in [0.15, 0.2) is 0 Å². The van der Waals surface area contributed by atoms with Gasteiger partial charge in [0.2, 0.25) is 0 Å². The molecule has 3 saturated heterocycles. The zero-order valence-electron chi connectivity index (χ0n) is 12.8. The largest absolute Gasteiger partial charge is 0.252 e. The van der Waals surface area contributed by atoms with Gasteiger partial charge in [0.1, 0.15) is 6.49 Å². The SMILES string of the molecule is S=P(N1CCCCC1)(N1CCCCC1)N1CCCCC1. The van der Waals surface area contributed by atoms with E-state index in [1.807, 2.05) is 0 Å². The van der Waals surface area contributed by atoms with E-state index < -0.39 is 6.49 Å². The van der Waals surface area contributed by atoms with E-state index >= 15 is 0 Å². The van der Waals surface area contributed by atoms with E-state index in [2.05, 4.69) is 14.0 Å². The van der Waals surface area contributed by atoms with Crippen LogP contribution < -0.4 is 0 Å². The van der Waals surface area contributed by atoms with Crippen LogP contribution >= 0.6 is 6.49 Å². The van der Waals surface area contributed by atoms with Crippen molar-refractivity contribution in [3.8, 4) is 0 Å². The lowest BCUT2D eigenvalue weighted by molar-refractivity contribution is 0.253. The van der Waals surface area contributed by atoms with Crippen molar-refractivity contribution in [3.05, 3.63) is 0 Å². The number of rotatable bonds is 3. The Bertz CT molecular complexity index is 293. The Labute approximate surface area is 129 Å². The first-order chi connectivity index (χ1) is 9.82. The molecule has 0 spiro atoms. The summed E-state index contributed by atoms with van der Waals surface area (Å²) in [5, 5.41) is 0. The van der Waals surface area contributed by atoms with Crippen molar-refractivity contribution in [1.82, 2.24) is 14.0 Å². The fourth-order valence-electron chi connectivity index (χ4n) is 3.95. The monoisotopic (exact) mass is 315 g/mol. The molecule has 0 amide bonds. The van der Waals surface area contributed by atoms with Crippen molar-refractivity contribution in [3.63, 3.8) is 0 Å². The Kier molecular flexibility index (Phi) is 5.55. The number of hydrogen-bond donors (Lipinski definition) is 0. The molecule has 0 aliphatic carbocycles. The quantitative estimate of drug-likeness (QED) is 0.735. The summed E-state index contributed by atoms with van der Waals surface area (Å²) in [6, 6.07) is 0. The molecule has 0 N–H and O–H groups in total. The molecular formula is C15H30N3PS. The Morgan fingerprint density at radius 1 is 0.450 bits per heavy atom. The van der Waals surface area contributed by atoms with Crippen LogP contribution in [0.5, 0.6) is 0 Å². The first kappa shape index (κ1) is 15.4. The minimum atomic E-state index is -1.61. The zero-order valence-corrected chi connectivity index (χ0v) is 14.5. The predicted molar refractivity (Wildman–Crippen MR) is 90.6 cm³/mol. The van der Waals surface area contributed by atoms with Crippen molar-refractivity contribution in [2.45, 2.75) is 57.8 Å². The van der Waals surface area contributed by atoms with Gasteiger partial charge in [-0.15, -0.1) is 0 Å². The highest BCUT2D eigenvalue weighted by molar-refractivity contribution is 8.11. The van der Waals surface area contributed by atoms with Crippen LogP contribution in [0.4, 0.5) is 0 Å². The predicted octanol–water partition coefficient (Wildman–Crippen LogP) is 3.67. The van der Waals surface area contributed by atoms with Gasteiger partial charge >= 0.3 is 0 Å². The van der Waals surface area contributed by atoms with Crippen LogP contribution in [0, 0.1) is 0 Å². The van der Waals surface area contributed by atoms with Gasteiger partial charge in [-0.2, -0.15) is 0 Å². The highest BCUT2D eigenvalue weighted by Crippen LogP contribution is 2.59. The van der Waals surface area contributed by atoms with Crippen molar-refractivity contribution in [2.75, 3.05) is 39.3 Å². The molecule has 116 valence electrons. The van der Waals surface area contributed by atoms with E-state index in [-0.39, 0.29) is 0 Å². The molecule has 0 saturated carbocycles. The maximum Gasteiger partial charge on any atom is 0.145 e. The Morgan fingerprint density at radius 2 is 0.700 bits per heavy atom. The highest BCUT2D eigenvalue weighted by Gasteiger charge is 2.39. The summed E-state index contributed by atoms with van der Waals surface area (Å²) in [4.78, 5) is 0. The smallest absolute Gasteiger partial charge is 0.145 e. The summed E-state index contributed by atoms with van der Waals surface area (Å²) in [7, 11) is 0. The lowest BCUT2D eigenvalue weighted by Gasteiger charge is -2.51. The van der Waals surface area contributed by atoms with Gasteiger partial charge in [-0.3, -0.25) is 14.0 Å². The molecule has 0 unspecified atom stereocenters. The first-order valence-corrected chi connectivity index (χ1v) is 11.3. The molecule has 0 aromatic heterocycles. The van der Waals surface area contributed by atoms with Gasteiger partial charge < -0.3 is 0 Å². The average molecular weight is 315 g/mol. The van der Waals surface area contributed by atoms with Gasteiger partial charge in [-0.1, -0.05) is 19.3 Å². The molecule has 0 bridgehead atoms. The second-order valence-corrected chi connectivity index (χ2v) is 10.7. The molecule has 0 radical (unpaired) electrons. The van der Waals surface area contributed by atoms with Gasteiger partial charge in [0, 0.05) is 39.3 Å². The van der Waals surface area contributed by atoms with Crippen LogP contribution in [0.1, 0.15) is 57.8 Å². The summed E-state index contributed by atoms with van der Waals surface area (Å²) < 4.78 is 8.22. The van der Waals surface area contributed by atoms with Gasteiger partial charge in [0.15, 0.2) is 0 Å². The Morgan fingerprint density at radius 3 is 0.950 bits per heavy atom. The number of nitrogens with zero attached hydrogens (tertiary/aromatic N) is 3. The van der Waals surface area contributed by atoms with Crippen molar-refractivity contribution in [2.24, 2.45) is 0 Å². The number of hydrogen-bond acceptors (Lipinski definition) is 1. The summed E-state index contributed by atoms with van der Waals surface area (Å²) in [6.07, 6.45) is 12.4. The van der Waals surface area contributed by atoms with Crippen LogP contribution in [0.2, 0.25) is 0 Å². The second-order valence-electron chi connectivity index (χ2n) is 6.56. The van der Waals surface area contributed by atoms with Gasteiger partial charge in [0.05, 0.1) is 0 Å². The van der Waals surface area contributed by atoms with Crippen LogP contribution in [0.3, 0.4) is 0 Å².